The molecule has 2 aromatic carbocycles. The molecular weight excluding hydrogens is 510 g/mol. The summed E-state index contributed by atoms with van der Waals surface area (Å²) in [7, 11) is 0. The van der Waals surface area contributed by atoms with E-state index < -0.39 is 5.92 Å². The van der Waals surface area contributed by atoms with Crippen LogP contribution in [-0.4, -0.2) is 23.8 Å². The van der Waals surface area contributed by atoms with Crippen LogP contribution in [0.3, 0.4) is 0 Å². The van der Waals surface area contributed by atoms with Crippen LogP contribution in [0.2, 0.25) is 0 Å². The highest BCUT2D eigenvalue weighted by molar-refractivity contribution is 5.98. The van der Waals surface area contributed by atoms with Crippen molar-refractivity contribution < 1.29 is 18.4 Å². The van der Waals surface area contributed by atoms with Crippen molar-refractivity contribution in [2.75, 3.05) is 0 Å². The van der Waals surface area contributed by atoms with Crippen LogP contribution < -0.4 is 16.4 Å². The molecule has 218 valence electrons. The fraction of sp³-hybridized carbons (Fsp3) is 0.531. The molecule has 8 heteroatoms. The SMILES string of the molecule is CC.Cc1ccc(CCCCC2CC(=O)NC(N)=N2)cc1C(CC(C)C)NC(=O)c1ccc2c(c1)CCC2(F)F. The Bertz CT molecular complexity index is 1230. The van der Waals surface area contributed by atoms with Gasteiger partial charge in [-0.25, -0.2) is 13.8 Å². The van der Waals surface area contributed by atoms with Crippen molar-refractivity contribution in [1.29, 1.82) is 0 Å². The zero-order chi connectivity index (χ0) is 29.4. The number of rotatable bonds is 10. The average Bonchev–Trinajstić information content (AvgIpc) is 3.21. The van der Waals surface area contributed by atoms with Crippen LogP contribution in [0.15, 0.2) is 41.4 Å². The van der Waals surface area contributed by atoms with Crippen molar-refractivity contribution in [1.82, 2.24) is 10.6 Å². The molecule has 1 aliphatic carbocycles. The maximum atomic E-state index is 14.0. The van der Waals surface area contributed by atoms with Crippen molar-refractivity contribution in [2.24, 2.45) is 16.6 Å². The van der Waals surface area contributed by atoms with E-state index in [1.165, 1.54) is 17.7 Å². The fourth-order valence-corrected chi connectivity index (χ4v) is 5.48. The van der Waals surface area contributed by atoms with Crippen LogP contribution in [-0.2, 0) is 23.6 Å². The van der Waals surface area contributed by atoms with Crippen molar-refractivity contribution in [3.8, 4) is 0 Å². The summed E-state index contributed by atoms with van der Waals surface area (Å²) in [6.45, 7) is 10.3. The first-order valence-electron chi connectivity index (χ1n) is 14.6. The van der Waals surface area contributed by atoms with Gasteiger partial charge < -0.3 is 11.1 Å². The number of amides is 2. The van der Waals surface area contributed by atoms with E-state index in [-0.39, 0.29) is 48.3 Å². The standard InChI is InChI=1S/C30H38F2N4O2.C2H6/c1-18(2)14-26(35-28(38)22-10-11-25-21(16-22)12-13-30(25,31)32)24-15-20(9-8-19(24)3)6-4-5-7-23-17-27(37)36-29(33)34-23;1-2/h8-11,15-16,18,23,26H,4-7,12-14,17H2,1-3H3,(H,35,38)(H3,33,34,36,37);1-2H3. The molecule has 4 N–H and O–H groups in total. The molecule has 2 aromatic rings. The number of halogens is 2. The highest BCUT2D eigenvalue weighted by atomic mass is 19.3. The molecule has 0 saturated heterocycles. The number of hydrogen-bond donors (Lipinski definition) is 3. The van der Waals surface area contributed by atoms with Crippen LogP contribution >= 0.6 is 0 Å². The zero-order valence-corrected chi connectivity index (χ0v) is 24.4. The van der Waals surface area contributed by atoms with Crippen molar-refractivity contribution in [3.63, 3.8) is 0 Å². The van der Waals surface area contributed by atoms with Crippen LogP contribution in [0.5, 0.6) is 0 Å². The van der Waals surface area contributed by atoms with Crippen molar-refractivity contribution in [2.45, 2.75) is 104 Å². The van der Waals surface area contributed by atoms with Gasteiger partial charge in [-0.3, -0.25) is 14.9 Å². The van der Waals surface area contributed by atoms with E-state index in [1.54, 1.807) is 6.07 Å². The van der Waals surface area contributed by atoms with Gasteiger partial charge in [0, 0.05) is 24.0 Å². The molecule has 1 aliphatic heterocycles. The Balaban J connectivity index is 0.00000216. The largest absolute Gasteiger partial charge is 0.370 e. The van der Waals surface area contributed by atoms with Gasteiger partial charge in [0.15, 0.2) is 5.96 Å². The predicted octanol–water partition coefficient (Wildman–Crippen LogP) is 6.49. The third kappa shape index (κ3) is 8.12. The molecule has 1 heterocycles. The molecule has 2 unspecified atom stereocenters. The second-order valence-electron chi connectivity index (χ2n) is 11.1. The van der Waals surface area contributed by atoms with E-state index in [0.29, 0.717) is 23.5 Å². The molecule has 4 rings (SSSR count). The van der Waals surface area contributed by atoms with Crippen LogP contribution in [0.25, 0.3) is 0 Å². The van der Waals surface area contributed by atoms with Crippen LogP contribution in [0.4, 0.5) is 8.78 Å². The number of benzene rings is 2. The highest BCUT2D eigenvalue weighted by Gasteiger charge is 2.39. The number of nitrogens with one attached hydrogen (secondary N) is 2. The van der Waals surface area contributed by atoms with Gasteiger partial charge in [0.25, 0.3) is 11.8 Å². The summed E-state index contributed by atoms with van der Waals surface area (Å²) < 4.78 is 28.1. The number of hydrogen-bond acceptors (Lipinski definition) is 4. The number of fused-ring (bicyclic) bond motifs is 1. The quantitative estimate of drug-likeness (QED) is 0.293. The third-order valence-electron chi connectivity index (χ3n) is 7.46. The van der Waals surface area contributed by atoms with E-state index in [2.05, 4.69) is 47.7 Å². The Morgan fingerprint density at radius 2 is 1.93 bits per heavy atom. The Hall–Kier alpha value is -3.29. The summed E-state index contributed by atoms with van der Waals surface area (Å²) in [5.41, 5.74) is 10.1. The van der Waals surface area contributed by atoms with Gasteiger partial charge >= 0.3 is 0 Å². The van der Waals surface area contributed by atoms with Crippen molar-refractivity contribution >= 4 is 17.8 Å². The molecular formula is C32H44F2N4O2. The van der Waals surface area contributed by atoms with Crippen LogP contribution in [0, 0.1) is 12.8 Å². The number of unbranched alkanes of at least 4 members (excludes halogenated alkanes) is 1. The molecule has 0 aromatic heterocycles. The summed E-state index contributed by atoms with van der Waals surface area (Å²) >= 11 is 0. The summed E-state index contributed by atoms with van der Waals surface area (Å²) in [5, 5.41) is 5.72. The maximum Gasteiger partial charge on any atom is 0.273 e. The molecule has 2 aliphatic rings. The predicted molar refractivity (Wildman–Crippen MR) is 157 cm³/mol. The summed E-state index contributed by atoms with van der Waals surface area (Å²) in [6, 6.07) is 10.7. The van der Waals surface area contributed by atoms with E-state index >= 15 is 0 Å². The monoisotopic (exact) mass is 554 g/mol. The first-order chi connectivity index (χ1) is 19.0. The molecule has 0 fully saturated rings. The minimum atomic E-state index is -2.81. The zero-order valence-electron chi connectivity index (χ0n) is 24.4. The smallest absolute Gasteiger partial charge is 0.273 e. The minimum Gasteiger partial charge on any atom is -0.370 e. The molecule has 0 saturated carbocycles. The lowest BCUT2D eigenvalue weighted by Gasteiger charge is -2.24. The second-order valence-corrected chi connectivity index (χ2v) is 11.1. The Morgan fingerprint density at radius 1 is 1.18 bits per heavy atom. The Kier molecular flexibility index (Phi) is 10.8. The summed E-state index contributed by atoms with van der Waals surface area (Å²) in [5.74, 6) is -2.59. The summed E-state index contributed by atoms with van der Waals surface area (Å²) in [4.78, 5) is 29.2. The minimum absolute atomic E-state index is 0.0401. The number of alkyl halides is 2. The van der Waals surface area contributed by atoms with Gasteiger partial charge in [0.2, 0.25) is 5.91 Å². The number of nitrogens with two attached hydrogens (primary N) is 1. The topological polar surface area (TPSA) is 96.6 Å². The van der Waals surface area contributed by atoms with Crippen LogP contribution in [0.1, 0.15) is 110 Å². The lowest BCUT2D eigenvalue weighted by molar-refractivity contribution is -0.120. The number of nitrogens with zero attached hydrogens (tertiary/aromatic N) is 1. The second kappa shape index (κ2) is 13.9. The highest BCUT2D eigenvalue weighted by Crippen LogP contribution is 2.41. The number of aliphatic imine (C=N–C) groups is 1. The normalized spacial score (nSPS) is 18.2. The maximum absolute atomic E-state index is 14.0. The molecule has 2 amide bonds. The van der Waals surface area contributed by atoms with Gasteiger partial charge in [-0.05, 0) is 79.3 Å². The molecule has 0 radical (unpaired) electrons. The van der Waals surface area contributed by atoms with E-state index in [1.807, 2.05) is 20.8 Å². The van der Waals surface area contributed by atoms with E-state index in [9.17, 15) is 18.4 Å². The van der Waals surface area contributed by atoms with E-state index in [4.69, 9.17) is 5.73 Å². The molecule has 2 atom stereocenters. The van der Waals surface area contributed by atoms with Gasteiger partial charge in [-0.1, -0.05) is 58.4 Å². The fourth-order valence-electron chi connectivity index (χ4n) is 5.48. The average molecular weight is 555 g/mol. The molecule has 0 bridgehead atoms. The lowest BCUT2D eigenvalue weighted by atomic mass is 9.91. The Labute approximate surface area is 237 Å². The summed E-state index contributed by atoms with van der Waals surface area (Å²) in [6.07, 6.45) is 4.80. The molecule has 6 nitrogen and oxygen atoms in total. The first kappa shape index (κ1) is 31.2. The number of carbonyl (C=O) groups is 2. The van der Waals surface area contributed by atoms with Gasteiger partial charge in [0.1, 0.15) is 0 Å². The molecule has 40 heavy (non-hydrogen) atoms. The van der Waals surface area contributed by atoms with Crippen molar-refractivity contribution in [3.05, 3.63) is 69.8 Å². The van der Waals surface area contributed by atoms with Gasteiger partial charge in [-0.15, -0.1) is 0 Å². The molecule has 0 spiro atoms. The number of guanidine groups is 1. The van der Waals surface area contributed by atoms with Gasteiger partial charge in [-0.2, -0.15) is 0 Å². The number of aryl methyl sites for hydroxylation is 3. The third-order valence-corrected chi connectivity index (χ3v) is 7.46. The lowest BCUT2D eigenvalue weighted by Crippen LogP contribution is -2.43. The number of carbonyl (C=O) groups excluding carboxylic acids is 2. The van der Waals surface area contributed by atoms with E-state index in [0.717, 1.165) is 43.2 Å². The first-order valence-corrected chi connectivity index (χ1v) is 14.6. The van der Waals surface area contributed by atoms with Gasteiger partial charge in [0.05, 0.1) is 12.1 Å². The Morgan fingerprint density at radius 3 is 2.62 bits per heavy atom.